The van der Waals surface area contributed by atoms with E-state index < -0.39 is 35.1 Å². The fourth-order valence-electron chi connectivity index (χ4n) is 8.45. The summed E-state index contributed by atoms with van der Waals surface area (Å²) in [5.74, 6) is 0. The predicted molar refractivity (Wildman–Crippen MR) is 290 cm³/mol. The van der Waals surface area contributed by atoms with Crippen LogP contribution in [0, 0.1) is 20.8 Å². The molecule has 0 aliphatic carbocycles. The highest BCUT2D eigenvalue weighted by Crippen LogP contribution is 2.38. The van der Waals surface area contributed by atoms with Crippen molar-refractivity contribution in [2.24, 2.45) is 4.99 Å². The summed E-state index contributed by atoms with van der Waals surface area (Å²) >= 11 is 0. The van der Waals surface area contributed by atoms with Crippen molar-refractivity contribution in [2.45, 2.75) is 145 Å². The van der Waals surface area contributed by atoms with Crippen molar-refractivity contribution in [2.75, 3.05) is 33.5 Å². The van der Waals surface area contributed by atoms with Crippen molar-refractivity contribution < 1.29 is 33.2 Å². The molecule has 0 bridgehead atoms. The molecule has 0 radical (unpaired) electrons. The standard InChI is InChI=1S/C58H73N7O6/c1-39-35-46-50(37-45(39)62-53(66)69-56(4,5)6)65(43-29-23-20-24-30-43)51-38-49(40(2)36-47(51)61-46)64(55(68)71-58(10,11)12)34-26-18-16-14-15-17-25-33-63(54(67)70-57(7,8)9)48-32-31-44(59-13)52(41(48)3)60-42-27-21-19-22-28-42/h19-24,27-32,35-38,60H,13-18,25-26,33-34H2,1-12H3/p+1. The summed E-state index contributed by atoms with van der Waals surface area (Å²) in [5, 5.41) is 6.43. The molecule has 0 aliphatic heterocycles. The first-order valence-electron chi connectivity index (χ1n) is 24.8. The number of aryl methyl sites for hydroxylation is 2. The van der Waals surface area contributed by atoms with E-state index in [1.165, 1.54) is 0 Å². The van der Waals surface area contributed by atoms with E-state index in [1.54, 1.807) is 9.80 Å². The molecule has 13 nitrogen and oxygen atoms in total. The Balaban J connectivity index is 1.17. The molecule has 0 spiro atoms. The van der Waals surface area contributed by atoms with Gasteiger partial charge < -0.3 is 19.5 Å². The zero-order valence-corrected chi connectivity index (χ0v) is 44.0. The first kappa shape index (κ1) is 53.3. The van der Waals surface area contributed by atoms with Gasteiger partial charge in [0.05, 0.1) is 28.4 Å². The molecule has 0 fully saturated rings. The Labute approximate surface area is 420 Å². The number of hydrogen-bond acceptors (Lipinski definition) is 9. The van der Waals surface area contributed by atoms with Gasteiger partial charge in [-0.05, 0) is 156 Å². The molecule has 0 atom stereocenters. The lowest BCUT2D eigenvalue weighted by Crippen LogP contribution is -2.38. The number of carbonyl (C=O) groups excluding carboxylic acids is 3. The minimum atomic E-state index is -0.706. The van der Waals surface area contributed by atoms with Crippen LogP contribution in [-0.2, 0) is 14.2 Å². The summed E-state index contributed by atoms with van der Waals surface area (Å²) in [6, 6.07) is 31.6. The molecule has 3 amide bonds. The van der Waals surface area contributed by atoms with E-state index in [4.69, 9.17) is 19.2 Å². The van der Waals surface area contributed by atoms with Gasteiger partial charge in [-0.2, -0.15) is 0 Å². The van der Waals surface area contributed by atoms with E-state index in [2.05, 4.69) is 26.9 Å². The summed E-state index contributed by atoms with van der Waals surface area (Å²) in [7, 11) is 0. The van der Waals surface area contributed by atoms with Gasteiger partial charge in [-0.1, -0.05) is 68.5 Å². The Hall–Kier alpha value is -7.02. The molecule has 6 rings (SSSR count). The highest BCUT2D eigenvalue weighted by atomic mass is 16.6. The molecule has 0 unspecified atom stereocenters. The molecule has 5 aromatic carbocycles. The van der Waals surface area contributed by atoms with Crippen molar-refractivity contribution >= 4 is 81.2 Å². The Kier molecular flexibility index (Phi) is 17.1. The number of nitrogens with one attached hydrogen (secondary N) is 2. The number of unbranched alkanes of at least 4 members (excludes halogenated alkanes) is 6. The number of benzene rings is 5. The third-order valence-corrected chi connectivity index (χ3v) is 11.7. The zero-order valence-electron chi connectivity index (χ0n) is 44.0. The lowest BCUT2D eigenvalue weighted by molar-refractivity contribution is -0.538. The van der Waals surface area contributed by atoms with E-state index >= 15 is 0 Å². The molecule has 6 aromatic rings. The molecule has 1 aromatic heterocycles. The maximum absolute atomic E-state index is 14.2. The number of anilines is 5. The van der Waals surface area contributed by atoms with Gasteiger partial charge in [-0.25, -0.2) is 19.4 Å². The van der Waals surface area contributed by atoms with Gasteiger partial charge in [0.25, 0.3) is 0 Å². The van der Waals surface area contributed by atoms with Crippen LogP contribution in [0.1, 0.15) is 124 Å². The number of ether oxygens (including phenoxy) is 3. The number of rotatable bonds is 17. The Morgan fingerprint density at radius 2 is 1.10 bits per heavy atom. The Bertz CT molecular complexity index is 2850. The van der Waals surface area contributed by atoms with E-state index in [-0.39, 0.29) is 0 Å². The first-order valence-corrected chi connectivity index (χ1v) is 24.8. The fraction of sp³-hybridized carbons (Fsp3) is 0.414. The maximum Gasteiger partial charge on any atom is 0.414 e. The molecule has 1 heterocycles. The van der Waals surface area contributed by atoms with Crippen LogP contribution in [0.3, 0.4) is 0 Å². The van der Waals surface area contributed by atoms with Gasteiger partial charge >= 0.3 is 18.3 Å². The van der Waals surface area contributed by atoms with Gasteiger partial charge in [0.1, 0.15) is 27.8 Å². The van der Waals surface area contributed by atoms with Crippen LogP contribution >= 0.6 is 0 Å². The average Bonchev–Trinajstić information content (AvgIpc) is 3.27. The molecule has 2 N–H and O–H groups in total. The molecule has 376 valence electrons. The minimum Gasteiger partial charge on any atom is -0.444 e. The van der Waals surface area contributed by atoms with Crippen LogP contribution in [-0.4, -0.2) is 59.9 Å². The normalized spacial score (nSPS) is 11.8. The van der Waals surface area contributed by atoms with E-state index in [0.717, 1.165) is 112 Å². The number of carbonyl (C=O) groups is 3. The number of aliphatic imine (C=N–C) groups is 1. The second-order valence-corrected chi connectivity index (χ2v) is 21.2. The van der Waals surface area contributed by atoms with Crippen molar-refractivity contribution in [3.05, 3.63) is 114 Å². The summed E-state index contributed by atoms with van der Waals surface area (Å²) in [6.07, 6.45) is 5.06. The predicted octanol–water partition coefficient (Wildman–Crippen LogP) is 14.9. The largest absolute Gasteiger partial charge is 0.444 e. The van der Waals surface area contributed by atoms with Crippen molar-refractivity contribution in [1.82, 2.24) is 4.98 Å². The second kappa shape index (κ2) is 22.8. The number of aromatic nitrogens is 2. The van der Waals surface area contributed by atoms with Crippen LogP contribution in [0.15, 0.2) is 102 Å². The second-order valence-electron chi connectivity index (χ2n) is 21.2. The zero-order chi connectivity index (χ0) is 51.7. The van der Waals surface area contributed by atoms with Crippen molar-refractivity contribution in [3.63, 3.8) is 0 Å². The first-order chi connectivity index (χ1) is 33.5. The summed E-state index contributed by atoms with van der Waals surface area (Å²) in [5.41, 5.74) is 9.06. The average molecular weight is 965 g/mol. The molecule has 13 heteroatoms. The number of nitrogens with zero attached hydrogens (tertiary/aromatic N) is 5. The molecule has 0 saturated heterocycles. The minimum absolute atomic E-state index is 0.391. The summed E-state index contributed by atoms with van der Waals surface area (Å²) in [6.45, 7) is 27.4. The quantitative estimate of drug-likeness (QED) is 0.0303. The highest BCUT2D eigenvalue weighted by Gasteiger charge is 2.30. The highest BCUT2D eigenvalue weighted by molar-refractivity contribution is 5.95. The van der Waals surface area contributed by atoms with Crippen LogP contribution in [0.4, 0.5) is 48.5 Å². The lowest BCUT2D eigenvalue weighted by atomic mass is 10.1. The van der Waals surface area contributed by atoms with E-state index in [9.17, 15) is 14.4 Å². The smallest absolute Gasteiger partial charge is 0.414 e. The van der Waals surface area contributed by atoms with Crippen molar-refractivity contribution in [1.29, 1.82) is 0 Å². The monoisotopic (exact) mass is 965 g/mol. The molecular formula is C58H74N7O6+. The third-order valence-electron chi connectivity index (χ3n) is 11.7. The van der Waals surface area contributed by atoms with E-state index in [1.807, 2.05) is 180 Å². The van der Waals surface area contributed by atoms with Gasteiger partial charge in [0, 0.05) is 43.0 Å². The fourth-order valence-corrected chi connectivity index (χ4v) is 8.45. The molecule has 71 heavy (non-hydrogen) atoms. The van der Waals surface area contributed by atoms with Gasteiger partial charge in [0.15, 0.2) is 0 Å². The summed E-state index contributed by atoms with van der Waals surface area (Å²) < 4.78 is 19.7. The number of hydrogen-bond donors (Lipinski definition) is 2. The SMILES string of the molecule is C=Nc1ccc(N(CCCCCCCCCN(C(=O)OC(C)(C)C)c2cc3c(cc2C)nc2cc(C)c(NC(=O)OC(C)(C)C)cc2[n+]3-c2ccccc2)C(=O)OC(C)(C)C)c(C)c1Nc1ccccc1. The molecule has 0 saturated carbocycles. The number of para-hydroxylation sites is 2. The van der Waals surface area contributed by atoms with E-state index in [0.29, 0.717) is 24.5 Å². The number of fused-ring (bicyclic) bond motifs is 2. The topological polar surface area (TPSA) is 139 Å². The van der Waals surface area contributed by atoms with Crippen LogP contribution in [0.25, 0.3) is 27.8 Å². The molecular weight excluding hydrogens is 891 g/mol. The molecule has 0 aliphatic rings. The Morgan fingerprint density at radius 3 is 1.63 bits per heavy atom. The summed E-state index contributed by atoms with van der Waals surface area (Å²) in [4.78, 5) is 53.8. The third kappa shape index (κ3) is 14.5. The Morgan fingerprint density at radius 1 is 0.606 bits per heavy atom. The van der Waals surface area contributed by atoms with Gasteiger partial charge in [-0.15, -0.1) is 4.57 Å². The number of amides is 3. The van der Waals surface area contributed by atoms with Gasteiger partial charge in [0.2, 0.25) is 16.7 Å². The lowest BCUT2D eigenvalue weighted by Gasteiger charge is -2.29. The van der Waals surface area contributed by atoms with Gasteiger partial charge in [-0.3, -0.25) is 20.1 Å². The van der Waals surface area contributed by atoms with Crippen LogP contribution < -0.4 is 25.0 Å². The van der Waals surface area contributed by atoms with Crippen LogP contribution in [0.5, 0.6) is 0 Å². The maximum atomic E-state index is 14.2. The van der Waals surface area contributed by atoms with Crippen molar-refractivity contribution in [3.8, 4) is 5.69 Å². The van der Waals surface area contributed by atoms with Crippen LogP contribution in [0.2, 0.25) is 0 Å².